The summed E-state index contributed by atoms with van der Waals surface area (Å²) < 4.78 is 42.1. The Kier molecular flexibility index (Phi) is 5.01. The zero-order valence-electron chi connectivity index (χ0n) is 8.91. The molecule has 0 aliphatic rings. The van der Waals surface area contributed by atoms with Crippen LogP contribution in [0.15, 0.2) is 6.20 Å². The molecule has 0 saturated heterocycles. The smallest absolute Gasteiger partial charge is 0.412 e. The van der Waals surface area contributed by atoms with E-state index in [2.05, 4.69) is 9.97 Å². The van der Waals surface area contributed by atoms with Crippen LogP contribution in [0.1, 0.15) is 0 Å². The zero-order chi connectivity index (χ0) is 14.6. The summed E-state index contributed by atoms with van der Waals surface area (Å²) in [6.45, 7) is -1.01. The van der Waals surface area contributed by atoms with Crippen LogP contribution in [0.25, 0.3) is 0 Å². The molecule has 0 radical (unpaired) electrons. The van der Waals surface area contributed by atoms with Gasteiger partial charge in [0.15, 0.2) is 16.9 Å². The molecule has 11 heteroatoms. The van der Waals surface area contributed by atoms with Gasteiger partial charge < -0.3 is 15.2 Å². The number of halogens is 5. The number of carbonyl (C=O) groups is 1. The van der Waals surface area contributed by atoms with E-state index in [1.807, 2.05) is 0 Å². The van der Waals surface area contributed by atoms with Gasteiger partial charge in [-0.1, -0.05) is 11.6 Å². The molecule has 0 aliphatic carbocycles. The van der Waals surface area contributed by atoms with E-state index < -0.39 is 24.9 Å². The Morgan fingerprint density at radius 3 is 2.63 bits per heavy atom. The van der Waals surface area contributed by atoms with Crippen molar-refractivity contribution in [3.8, 4) is 5.75 Å². The van der Waals surface area contributed by atoms with Gasteiger partial charge in [-0.2, -0.15) is 13.2 Å². The fourth-order valence-electron chi connectivity index (χ4n) is 0.967. The highest BCUT2D eigenvalue weighted by molar-refractivity contribution is 6.32. The van der Waals surface area contributed by atoms with Crippen molar-refractivity contribution in [2.24, 2.45) is 0 Å². The monoisotopic (exact) mass is 319 g/mol. The summed E-state index contributed by atoms with van der Waals surface area (Å²) in [7, 11) is 0. The molecule has 1 aromatic heterocycles. The minimum atomic E-state index is -4.81. The number of aromatic nitrogens is 2. The second-order valence-corrected chi connectivity index (χ2v) is 3.84. The van der Waals surface area contributed by atoms with E-state index in [1.54, 1.807) is 0 Å². The van der Waals surface area contributed by atoms with E-state index >= 15 is 0 Å². The maximum absolute atomic E-state index is 12.5. The predicted molar refractivity (Wildman–Crippen MR) is 58.6 cm³/mol. The molecule has 0 spiro atoms. The third-order valence-corrected chi connectivity index (χ3v) is 2.23. The van der Waals surface area contributed by atoms with Gasteiger partial charge in [0.1, 0.15) is 6.61 Å². The number of hydrogen-bond donors (Lipinski definition) is 2. The minimum Gasteiger partial charge on any atom is -0.486 e. The fourth-order valence-corrected chi connectivity index (χ4v) is 1.33. The Labute approximate surface area is 114 Å². The van der Waals surface area contributed by atoms with Crippen molar-refractivity contribution in [1.82, 2.24) is 15.3 Å². The van der Waals surface area contributed by atoms with Crippen LogP contribution in [0.5, 0.6) is 5.75 Å². The molecule has 6 nitrogen and oxygen atoms in total. The molecule has 106 valence electrons. The lowest BCUT2D eigenvalue weighted by atomic mass is 10.3. The summed E-state index contributed by atoms with van der Waals surface area (Å²) >= 11 is 10.9. The number of carboxylic acid groups (broad SMARTS) is 1. The molecule has 0 saturated carbocycles. The van der Waals surface area contributed by atoms with Crippen LogP contribution in [0.3, 0.4) is 0 Å². The number of amides is 1. The molecule has 0 fully saturated rings. The van der Waals surface area contributed by atoms with Crippen LogP contribution in [0.2, 0.25) is 10.4 Å². The second-order valence-electron chi connectivity index (χ2n) is 3.15. The van der Waals surface area contributed by atoms with Gasteiger partial charge in [0, 0.05) is 0 Å². The van der Waals surface area contributed by atoms with Gasteiger partial charge in [-0.05, 0) is 11.6 Å². The molecule has 1 heterocycles. The van der Waals surface area contributed by atoms with Gasteiger partial charge >= 0.3 is 12.3 Å². The fraction of sp³-hybridized carbons (Fsp3) is 0.375. The van der Waals surface area contributed by atoms with E-state index in [9.17, 15) is 18.0 Å². The van der Waals surface area contributed by atoms with Crippen LogP contribution >= 0.6 is 23.2 Å². The molecule has 0 aromatic carbocycles. The normalized spacial score (nSPS) is 12.9. The lowest BCUT2D eigenvalue weighted by Gasteiger charge is -2.20. The first kappa shape index (κ1) is 15.6. The summed E-state index contributed by atoms with van der Waals surface area (Å²) in [6.07, 6.45) is -5.66. The lowest BCUT2D eigenvalue weighted by Crippen LogP contribution is -2.48. The van der Waals surface area contributed by atoms with Crippen LogP contribution in [-0.2, 0) is 0 Å². The Bertz CT molecular complexity index is 472. The van der Waals surface area contributed by atoms with Crippen molar-refractivity contribution in [2.45, 2.75) is 12.2 Å². The summed E-state index contributed by atoms with van der Waals surface area (Å²) in [5.74, 6) is -0.243. The first-order valence-electron chi connectivity index (χ1n) is 4.57. The van der Waals surface area contributed by atoms with Gasteiger partial charge in [0.25, 0.3) is 0 Å². The number of rotatable bonds is 4. The molecule has 1 atom stereocenters. The van der Waals surface area contributed by atoms with Crippen molar-refractivity contribution in [1.29, 1.82) is 0 Å². The van der Waals surface area contributed by atoms with Gasteiger partial charge in [-0.25, -0.2) is 14.8 Å². The Hall–Kier alpha value is -1.48. The van der Waals surface area contributed by atoms with E-state index in [1.165, 1.54) is 5.32 Å². The third kappa shape index (κ3) is 4.95. The van der Waals surface area contributed by atoms with Crippen molar-refractivity contribution in [3.63, 3.8) is 0 Å². The Morgan fingerprint density at radius 1 is 1.53 bits per heavy atom. The molecule has 1 unspecified atom stereocenters. The number of alkyl halides is 3. The standard InChI is InChI=1S/C8H6Cl2F3N3O3/c9-5-3(1-14-6(10)16-5)19-2-4(8(11,12)13)15-7(17)18/h1,4,15H,2H2,(H,17,18). The first-order chi connectivity index (χ1) is 8.70. The summed E-state index contributed by atoms with van der Waals surface area (Å²) in [4.78, 5) is 17.2. The molecule has 19 heavy (non-hydrogen) atoms. The van der Waals surface area contributed by atoms with E-state index in [-0.39, 0.29) is 16.2 Å². The van der Waals surface area contributed by atoms with Crippen LogP contribution < -0.4 is 10.1 Å². The Balaban J connectivity index is 2.73. The number of ether oxygens (including phenoxy) is 1. The van der Waals surface area contributed by atoms with Gasteiger partial charge in [-0.15, -0.1) is 0 Å². The highest BCUT2D eigenvalue weighted by Crippen LogP contribution is 2.25. The van der Waals surface area contributed by atoms with Crippen molar-refractivity contribution in [3.05, 3.63) is 16.6 Å². The molecule has 1 rings (SSSR count). The predicted octanol–water partition coefficient (Wildman–Crippen LogP) is 2.36. The molecule has 1 aromatic rings. The molecular weight excluding hydrogens is 314 g/mol. The lowest BCUT2D eigenvalue weighted by molar-refractivity contribution is -0.160. The summed E-state index contributed by atoms with van der Waals surface area (Å²) in [5, 5.41) is 9.10. The highest BCUT2D eigenvalue weighted by Gasteiger charge is 2.41. The molecule has 0 bridgehead atoms. The third-order valence-electron chi connectivity index (χ3n) is 1.78. The topological polar surface area (TPSA) is 84.3 Å². The maximum Gasteiger partial charge on any atom is 0.412 e. The number of nitrogens with zero attached hydrogens (tertiary/aromatic N) is 2. The van der Waals surface area contributed by atoms with E-state index in [4.69, 9.17) is 33.0 Å². The zero-order valence-corrected chi connectivity index (χ0v) is 10.4. The molecular formula is C8H6Cl2F3N3O3. The van der Waals surface area contributed by atoms with Crippen LogP contribution in [-0.4, -0.2) is 40.0 Å². The van der Waals surface area contributed by atoms with Gasteiger partial charge in [0.05, 0.1) is 6.20 Å². The van der Waals surface area contributed by atoms with Crippen molar-refractivity contribution >= 4 is 29.3 Å². The van der Waals surface area contributed by atoms with Gasteiger partial charge in [-0.3, -0.25) is 0 Å². The first-order valence-corrected chi connectivity index (χ1v) is 5.32. The van der Waals surface area contributed by atoms with Crippen molar-refractivity contribution in [2.75, 3.05) is 6.61 Å². The largest absolute Gasteiger partial charge is 0.486 e. The van der Waals surface area contributed by atoms with Gasteiger partial charge in [0.2, 0.25) is 5.28 Å². The highest BCUT2D eigenvalue weighted by atomic mass is 35.5. The van der Waals surface area contributed by atoms with Crippen LogP contribution in [0.4, 0.5) is 18.0 Å². The SMILES string of the molecule is O=C(O)NC(COc1cnc(Cl)nc1Cl)C(F)(F)F. The average molecular weight is 320 g/mol. The van der Waals surface area contributed by atoms with Crippen molar-refractivity contribution < 1.29 is 27.8 Å². The van der Waals surface area contributed by atoms with E-state index in [0.717, 1.165) is 6.20 Å². The number of hydrogen-bond acceptors (Lipinski definition) is 4. The Morgan fingerprint density at radius 2 is 2.16 bits per heavy atom. The number of nitrogens with one attached hydrogen (secondary N) is 1. The van der Waals surface area contributed by atoms with E-state index in [0.29, 0.717) is 0 Å². The minimum absolute atomic E-state index is 0.201. The average Bonchev–Trinajstić information content (AvgIpc) is 2.24. The van der Waals surface area contributed by atoms with Crippen LogP contribution in [0, 0.1) is 0 Å². The molecule has 1 amide bonds. The maximum atomic E-state index is 12.5. The second kappa shape index (κ2) is 6.11. The molecule has 2 N–H and O–H groups in total. The molecule has 0 aliphatic heterocycles. The summed E-state index contributed by atoms with van der Waals surface area (Å²) in [5.41, 5.74) is 0. The summed E-state index contributed by atoms with van der Waals surface area (Å²) in [6, 6.07) is -2.41. The quantitative estimate of drug-likeness (QED) is 0.657.